The van der Waals surface area contributed by atoms with E-state index in [0.29, 0.717) is 0 Å². The highest BCUT2D eigenvalue weighted by molar-refractivity contribution is 14.0. The Hall–Kier alpha value is -0.0400. The van der Waals surface area contributed by atoms with Crippen LogP contribution in [-0.4, -0.2) is 38.8 Å². The van der Waals surface area contributed by atoms with Gasteiger partial charge < -0.3 is 15.4 Å². The maximum Gasteiger partial charge on any atom is 0.191 e. The third kappa shape index (κ3) is 7.97. The molecule has 1 aliphatic rings. The molecule has 0 amide bonds. The Balaban J connectivity index is 0.00000324. The first-order valence-corrected chi connectivity index (χ1v) is 7.30. The highest BCUT2D eigenvalue weighted by Gasteiger charge is 2.33. The van der Waals surface area contributed by atoms with Crippen LogP contribution >= 0.6 is 24.0 Å². The van der Waals surface area contributed by atoms with Crippen molar-refractivity contribution in [2.75, 3.05) is 32.8 Å². The second-order valence-corrected chi connectivity index (χ2v) is 5.49. The Morgan fingerprint density at radius 3 is 2.42 bits per heavy atom. The predicted octanol–water partition coefficient (Wildman–Crippen LogP) is 2.78. The third-order valence-electron chi connectivity index (χ3n) is 3.19. The molecule has 0 saturated carbocycles. The van der Waals surface area contributed by atoms with Crippen LogP contribution in [0.1, 0.15) is 46.5 Å². The standard InChI is InChI=1S/C14H29N3O.HI/c1-4-6-7-8-9-16-13(15-5-2)17-10-14(3)11-18-12-14;/h4-12H2,1-3H3,(H2,15,16,17);1H. The first-order valence-electron chi connectivity index (χ1n) is 7.30. The van der Waals surface area contributed by atoms with Crippen molar-refractivity contribution < 1.29 is 4.74 Å². The van der Waals surface area contributed by atoms with Gasteiger partial charge in [0.05, 0.1) is 19.8 Å². The molecule has 1 saturated heterocycles. The summed E-state index contributed by atoms with van der Waals surface area (Å²) in [5.74, 6) is 0.946. The first kappa shape index (κ1) is 19.0. The summed E-state index contributed by atoms with van der Waals surface area (Å²) in [5.41, 5.74) is 0.255. The minimum Gasteiger partial charge on any atom is -0.380 e. The summed E-state index contributed by atoms with van der Waals surface area (Å²) in [7, 11) is 0. The van der Waals surface area contributed by atoms with Crippen molar-refractivity contribution in [1.29, 1.82) is 0 Å². The summed E-state index contributed by atoms with van der Waals surface area (Å²) in [6.07, 6.45) is 5.13. The molecule has 1 heterocycles. The summed E-state index contributed by atoms with van der Waals surface area (Å²) in [5, 5.41) is 6.69. The molecule has 1 rings (SSSR count). The van der Waals surface area contributed by atoms with Gasteiger partial charge in [0, 0.05) is 18.5 Å². The van der Waals surface area contributed by atoms with Gasteiger partial charge in [-0.1, -0.05) is 33.1 Å². The summed E-state index contributed by atoms with van der Waals surface area (Å²) in [4.78, 5) is 4.64. The van der Waals surface area contributed by atoms with Gasteiger partial charge in [-0.05, 0) is 13.3 Å². The predicted molar refractivity (Wildman–Crippen MR) is 92.5 cm³/mol. The van der Waals surface area contributed by atoms with Gasteiger partial charge in [-0.25, -0.2) is 0 Å². The van der Waals surface area contributed by atoms with Crippen LogP contribution in [0.25, 0.3) is 0 Å². The molecule has 114 valence electrons. The number of rotatable bonds is 8. The Labute approximate surface area is 135 Å². The van der Waals surface area contributed by atoms with Crippen molar-refractivity contribution in [1.82, 2.24) is 10.6 Å². The Morgan fingerprint density at radius 1 is 1.16 bits per heavy atom. The Bertz CT molecular complexity index is 255. The zero-order chi connectivity index (χ0) is 13.3. The van der Waals surface area contributed by atoms with Gasteiger partial charge in [0.1, 0.15) is 0 Å². The molecule has 0 aromatic heterocycles. The minimum atomic E-state index is 0. The molecule has 0 radical (unpaired) electrons. The molecule has 1 fully saturated rings. The number of nitrogens with zero attached hydrogens (tertiary/aromatic N) is 1. The molecule has 1 aliphatic heterocycles. The minimum absolute atomic E-state index is 0. The fraction of sp³-hybridized carbons (Fsp3) is 0.929. The van der Waals surface area contributed by atoms with E-state index in [1.165, 1.54) is 25.7 Å². The molecule has 4 nitrogen and oxygen atoms in total. The quantitative estimate of drug-likeness (QED) is 0.293. The van der Waals surface area contributed by atoms with E-state index >= 15 is 0 Å². The molecule has 0 atom stereocenters. The highest BCUT2D eigenvalue weighted by atomic mass is 127. The number of hydrogen-bond acceptors (Lipinski definition) is 2. The topological polar surface area (TPSA) is 45.7 Å². The Morgan fingerprint density at radius 2 is 1.89 bits per heavy atom. The number of aliphatic imine (C=N–C) groups is 1. The molecule has 0 aliphatic carbocycles. The van der Waals surface area contributed by atoms with Gasteiger partial charge >= 0.3 is 0 Å². The van der Waals surface area contributed by atoms with E-state index < -0.39 is 0 Å². The van der Waals surface area contributed by atoms with Crippen LogP contribution in [0.3, 0.4) is 0 Å². The van der Waals surface area contributed by atoms with Crippen molar-refractivity contribution in [3.63, 3.8) is 0 Å². The summed E-state index contributed by atoms with van der Waals surface area (Å²) >= 11 is 0. The molecule has 0 unspecified atom stereocenters. The van der Waals surface area contributed by atoms with E-state index in [1.807, 2.05) is 0 Å². The fourth-order valence-electron chi connectivity index (χ4n) is 1.91. The molecule has 2 N–H and O–H groups in total. The summed E-state index contributed by atoms with van der Waals surface area (Å²) in [6, 6.07) is 0. The summed E-state index contributed by atoms with van der Waals surface area (Å²) in [6.45, 7) is 11.0. The van der Waals surface area contributed by atoms with Crippen LogP contribution in [0.15, 0.2) is 4.99 Å². The molecular weight excluding hydrogens is 353 g/mol. The average molecular weight is 383 g/mol. The van der Waals surface area contributed by atoms with E-state index in [9.17, 15) is 0 Å². The fourth-order valence-corrected chi connectivity index (χ4v) is 1.91. The SMILES string of the molecule is CCCCCCNC(=NCC1(C)COC1)NCC.I. The highest BCUT2D eigenvalue weighted by Crippen LogP contribution is 2.26. The molecule has 0 spiro atoms. The lowest BCUT2D eigenvalue weighted by Gasteiger charge is -2.36. The van der Waals surface area contributed by atoms with Crippen molar-refractivity contribution >= 4 is 29.9 Å². The van der Waals surface area contributed by atoms with Crippen LogP contribution in [0.5, 0.6) is 0 Å². The van der Waals surface area contributed by atoms with Gasteiger partial charge in [0.25, 0.3) is 0 Å². The maximum absolute atomic E-state index is 5.25. The van der Waals surface area contributed by atoms with Crippen molar-refractivity contribution in [3.05, 3.63) is 0 Å². The molecule has 0 bridgehead atoms. The van der Waals surface area contributed by atoms with Gasteiger partial charge in [-0.2, -0.15) is 0 Å². The largest absolute Gasteiger partial charge is 0.380 e. The second kappa shape index (κ2) is 10.7. The molecule has 19 heavy (non-hydrogen) atoms. The lowest BCUT2D eigenvalue weighted by atomic mass is 9.89. The molecular formula is C14H30IN3O. The van der Waals surface area contributed by atoms with Crippen LogP contribution < -0.4 is 10.6 Å². The zero-order valence-electron chi connectivity index (χ0n) is 12.6. The number of hydrogen-bond donors (Lipinski definition) is 2. The lowest BCUT2D eigenvalue weighted by molar-refractivity contribution is -0.0945. The van der Waals surface area contributed by atoms with E-state index in [2.05, 4.69) is 36.4 Å². The van der Waals surface area contributed by atoms with Crippen molar-refractivity contribution in [2.24, 2.45) is 10.4 Å². The number of unbranched alkanes of at least 4 members (excludes halogenated alkanes) is 3. The van der Waals surface area contributed by atoms with Crippen molar-refractivity contribution in [3.8, 4) is 0 Å². The number of nitrogens with one attached hydrogen (secondary N) is 2. The van der Waals surface area contributed by atoms with Crippen molar-refractivity contribution in [2.45, 2.75) is 46.5 Å². The molecule has 0 aromatic carbocycles. The normalized spacial score (nSPS) is 17.3. The monoisotopic (exact) mass is 383 g/mol. The van der Waals surface area contributed by atoms with Gasteiger partial charge in [-0.15, -0.1) is 24.0 Å². The number of ether oxygens (including phenoxy) is 1. The van der Waals surface area contributed by atoms with Crippen LogP contribution in [0.2, 0.25) is 0 Å². The lowest BCUT2D eigenvalue weighted by Crippen LogP contribution is -2.44. The number of halogens is 1. The summed E-state index contributed by atoms with van der Waals surface area (Å²) < 4.78 is 5.25. The molecule has 0 aromatic rings. The zero-order valence-corrected chi connectivity index (χ0v) is 15.0. The maximum atomic E-state index is 5.25. The average Bonchev–Trinajstić information content (AvgIpc) is 2.33. The van der Waals surface area contributed by atoms with Gasteiger partial charge in [-0.3, -0.25) is 4.99 Å². The number of guanidine groups is 1. The molecule has 5 heteroatoms. The van der Waals surface area contributed by atoms with Gasteiger partial charge in [0.2, 0.25) is 0 Å². The van der Waals surface area contributed by atoms with Gasteiger partial charge in [0.15, 0.2) is 5.96 Å². The van der Waals surface area contributed by atoms with E-state index in [1.54, 1.807) is 0 Å². The first-order chi connectivity index (χ1) is 8.70. The van der Waals surface area contributed by atoms with Crippen LogP contribution in [0, 0.1) is 5.41 Å². The van der Waals surface area contributed by atoms with E-state index in [0.717, 1.165) is 38.8 Å². The Kier molecular flexibility index (Phi) is 10.7. The smallest absolute Gasteiger partial charge is 0.191 e. The third-order valence-corrected chi connectivity index (χ3v) is 3.19. The van der Waals surface area contributed by atoms with Crippen LogP contribution in [0.4, 0.5) is 0 Å². The second-order valence-electron chi connectivity index (χ2n) is 5.49. The van der Waals surface area contributed by atoms with E-state index in [-0.39, 0.29) is 29.4 Å². The van der Waals surface area contributed by atoms with Crippen LogP contribution in [-0.2, 0) is 4.74 Å². The van der Waals surface area contributed by atoms with E-state index in [4.69, 9.17) is 4.74 Å².